The monoisotopic (exact) mass is 480 g/mol. The minimum Gasteiger partial charge on any atom is -0.473 e. The van der Waals surface area contributed by atoms with E-state index < -0.39 is 6.10 Å². The molecule has 0 saturated carbocycles. The van der Waals surface area contributed by atoms with Crippen molar-refractivity contribution >= 4 is 11.2 Å². The zero-order chi connectivity index (χ0) is 24.2. The molecule has 10 heteroatoms. The number of nitrogens with zero attached hydrogens (tertiary/aromatic N) is 5. The van der Waals surface area contributed by atoms with Crippen LogP contribution >= 0.6 is 0 Å². The first kappa shape index (κ1) is 23.3. The number of imidazole rings is 1. The zero-order valence-electron chi connectivity index (χ0n) is 19.0. The molecule has 1 atom stereocenters. The van der Waals surface area contributed by atoms with Crippen molar-refractivity contribution in [3.8, 4) is 5.88 Å². The van der Waals surface area contributed by atoms with E-state index in [9.17, 15) is 13.9 Å². The number of hydrogen-bond acceptors (Lipinski definition) is 7. The minimum atomic E-state index is -0.695. The summed E-state index contributed by atoms with van der Waals surface area (Å²) in [4.78, 5) is 19.7. The fourth-order valence-corrected chi connectivity index (χ4v) is 4.49. The van der Waals surface area contributed by atoms with Crippen molar-refractivity contribution in [3.63, 3.8) is 0 Å². The molecule has 0 radical (unpaired) electrons. The Morgan fingerprint density at radius 2 is 1.51 bits per heavy atom. The van der Waals surface area contributed by atoms with Gasteiger partial charge in [-0.05, 0) is 35.4 Å². The number of rotatable bonds is 8. The number of benzene rings is 2. The molecule has 3 heterocycles. The van der Waals surface area contributed by atoms with Crippen LogP contribution in [0.4, 0.5) is 8.78 Å². The summed E-state index contributed by atoms with van der Waals surface area (Å²) in [5.74, 6) is -0.219. The second-order valence-corrected chi connectivity index (χ2v) is 8.59. The SMILES string of the molecule is OC(COc1ncnc2nc[nH]c12)CN1CCN(C(c2ccc(F)cc2)c2ccc(F)cc2)CC1. The average Bonchev–Trinajstić information content (AvgIpc) is 3.36. The highest BCUT2D eigenvalue weighted by molar-refractivity contribution is 5.74. The molecule has 1 fully saturated rings. The number of nitrogens with one attached hydrogen (secondary N) is 1. The molecule has 2 aromatic carbocycles. The molecule has 5 rings (SSSR count). The van der Waals surface area contributed by atoms with Gasteiger partial charge < -0.3 is 14.8 Å². The third kappa shape index (κ3) is 5.45. The first-order valence-electron chi connectivity index (χ1n) is 11.5. The average molecular weight is 481 g/mol. The Balaban J connectivity index is 1.19. The summed E-state index contributed by atoms with van der Waals surface area (Å²) < 4.78 is 32.8. The summed E-state index contributed by atoms with van der Waals surface area (Å²) in [6, 6.07) is 12.8. The van der Waals surface area contributed by atoms with E-state index in [1.807, 2.05) is 0 Å². The highest BCUT2D eigenvalue weighted by Gasteiger charge is 2.27. The summed E-state index contributed by atoms with van der Waals surface area (Å²) in [6.07, 6.45) is 2.20. The number of aliphatic hydroxyl groups is 1. The maximum absolute atomic E-state index is 13.5. The van der Waals surface area contributed by atoms with E-state index in [4.69, 9.17) is 4.74 Å². The summed E-state index contributed by atoms with van der Waals surface area (Å²) >= 11 is 0. The van der Waals surface area contributed by atoms with Gasteiger partial charge in [0.25, 0.3) is 0 Å². The predicted molar refractivity (Wildman–Crippen MR) is 126 cm³/mol. The van der Waals surface area contributed by atoms with Gasteiger partial charge in [0.2, 0.25) is 5.88 Å². The number of fused-ring (bicyclic) bond motifs is 1. The van der Waals surface area contributed by atoms with Crippen LogP contribution in [0.1, 0.15) is 17.2 Å². The van der Waals surface area contributed by atoms with Crippen LogP contribution in [0.2, 0.25) is 0 Å². The van der Waals surface area contributed by atoms with E-state index in [0.717, 1.165) is 37.3 Å². The van der Waals surface area contributed by atoms with E-state index in [1.54, 1.807) is 24.3 Å². The lowest BCUT2D eigenvalue weighted by molar-refractivity contribution is 0.0394. The van der Waals surface area contributed by atoms with Gasteiger partial charge in [0.1, 0.15) is 36.2 Å². The van der Waals surface area contributed by atoms with E-state index >= 15 is 0 Å². The Morgan fingerprint density at radius 1 is 0.886 bits per heavy atom. The topological polar surface area (TPSA) is 90.4 Å². The molecule has 0 aliphatic carbocycles. The van der Waals surface area contributed by atoms with E-state index in [-0.39, 0.29) is 24.3 Å². The van der Waals surface area contributed by atoms with Crippen LogP contribution in [-0.4, -0.2) is 80.3 Å². The summed E-state index contributed by atoms with van der Waals surface area (Å²) in [5, 5.41) is 10.5. The van der Waals surface area contributed by atoms with Gasteiger partial charge in [-0.3, -0.25) is 9.80 Å². The molecule has 1 aliphatic heterocycles. The largest absolute Gasteiger partial charge is 0.473 e. The molecule has 1 aliphatic rings. The third-order valence-electron chi connectivity index (χ3n) is 6.21. The smallest absolute Gasteiger partial charge is 0.243 e. The molecule has 2 aromatic heterocycles. The third-order valence-corrected chi connectivity index (χ3v) is 6.21. The van der Waals surface area contributed by atoms with Gasteiger partial charge in [-0.1, -0.05) is 24.3 Å². The van der Waals surface area contributed by atoms with Crippen molar-refractivity contribution in [1.29, 1.82) is 0 Å². The van der Waals surface area contributed by atoms with Gasteiger partial charge in [0.15, 0.2) is 5.65 Å². The van der Waals surface area contributed by atoms with Gasteiger partial charge in [-0.25, -0.2) is 18.7 Å². The predicted octanol–water partition coefficient (Wildman–Crippen LogP) is 2.78. The molecule has 8 nitrogen and oxygen atoms in total. The molecular formula is C25H26F2N6O2. The Kier molecular flexibility index (Phi) is 6.94. The summed E-state index contributed by atoms with van der Waals surface area (Å²) in [5.41, 5.74) is 3.02. The van der Waals surface area contributed by atoms with Gasteiger partial charge in [0, 0.05) is 32.7 Å². The summed E-state index contributed by atoms with van der Waals surface area (Å²) in [7, 11) is 0. The number of H-pyrrole nitrogens is 1. The number of aromatic nitrogens is 4. The standard InChI is InChI=1S/C25H26F2N6O2/c26-19-5-1-17(2-6-19)23(18-3-7-20(27)8-4-18)33-11-9-32(10-12-33)13-21(34)14-35-25-22-24(29-15-28-22)30-16-31-25/h1-8,15-16,21,23,34H,9-14H2,(H,28,29,30,31). The second kappa shape index (κ2) is 10.4. The number of piperazine rings is 1. The molecule has 4 aromatic rings. The van der Waals surface area contributed by atoms with E-state index in [1.165, 1.54) is 36.9 Å². The van der Waals surface area contributed by atoms with E-state index in [0.29, 0.717) is 23.6 Å². The van der Waals surface area contributed by atoms with Crippen LogP contribution in [-0.2, 0) is 0 Å². The van der Waals surface area contributed by atoms with Crippen molar-refractivity contribution in [1.82, 2.24) is 29.7 Å². The number of halogens is 2. The van der Waals surface area contributed by atoms with Crippen LogP contribution in [0.25, 0.3) is 11.2 Å². The van der Waals surface area contributed by atoms with Crippen LogP contribution < -0.4 is 4.74 Å². The lowest BCUT2D eigenvalue weighted by Crippen LogP contribution is -2.50. The quantitative estimate of drug-likeness (QED) is 0.401. The van der Waals surface area contributed by atoms with Gasteiger partial charge in [-0.15, -0.1) is 0 Å². The lowest BCUT2D eigenvalue weighted by Gasteiger charge is -2.40. The second-order valence-electron chi connectivity index (χ2n) is 8.59. The minimum absolute atomic E-state index is 0.0964. The first-order valence-corrected chi connectivity index (χ1v) is 11.5. The molecule has 2 N–H and O–H groups in total. The van der Waals surface area contributed by atoms with Crippen LogP contribution in [0, 0.1) is 11.6 Å². The van der Waals surface area contributed by atoms with Crippen molar-refractivity contribution in [2.24, 2.45) is 0 Å². The van der Waals surface area contributed by atoms with Crippen molar-refractivity contribution in [2.75, 3.05) is 39.3 Å². The molecule has 0 spiro atoms. The normalized spacial score (nSPS) is 16.1. The number of aromatic amines is 1. The fraction of sp³-hybridized carbons (Fsp3) is 0.320. The molecule has 35 heavy (non-hydrogen) atoms. The number of aliphatic hydroxyl groups excluding tert-OH is 1. The Morgan fingerprint density at radius 3 is 2.14 bits per heavy atom. The highest BCUT2D eigenvalue weighted by atomic mass is 19.1. The number of hydrogen-bond donors (Lipinski definition) is 2. The Labute approximate surface area is 201 Å². The summed E-state index contributed by atoms with van der Waals surface area (Å²) in [6.45, 7) is 3.53. The molecule has 1 unspecified atom stereocenters. The van der Waals surface area contributed by atoms with Crippen LogP contribution in [0.3, 0.4) is 0 Å². The molecule has 0 amide bonds. The Hall–Kier alpha value is -3.47. The highest BCUT2D eigenvalue weighted by Crippen LogP contribution is 2.30. The molecule has 182 valence electrons. The van der Waals surface area contributed by atoms with Gasteiger partial charge in [-0.2, -0.15) is 4.98 Å². The first-order chi connectivity index (χ1) is 17.1. The van der Waals surface area contributed by atoms with Gasteiger partial charge in [0.05, 0.1) is 12.4 Å². The zero-order valence-corrected chi connectivity index (χ0v) is 19.0. The number of ether oxygens (including phenoxy) is 1. The molecular weight excluding hydrogens is 454 g/mol. The van der Waals surface area contributed by atoms with Crippen molar-refractivity contribution in [2.45, 2.75) is 12.1 Å². The van der Waals surface area contributed by atoms with Gasteiger partial charge >= 0.3 is 0 Å². The maximum atomic E-state index is 13.5. The number of β-amino-alcohol motifs (C(OH)–C–C–N with tert-alkyl or cyclic N) is 1. The lowest BCUT2D eigenvalue weighted by atomic mass is 9.96. The van der Waals surface area contributed by atoms with Crippen LogP contribution in [0.5, 0.6) is 5.88 Å². The van der Waals surface area contributed by atoms with Crippen molar-refractivity contribution < 1.29 is 18.6 Å². The van der Waals surface area contributed by atoms with E-state index in [2.05, 4.69) is 29.7 Å². The van der Waals surface area contributed by atoms with Crippen molar-refractivity contribution in [3.05, 3.63) is 83.9 Å². The fourth-order valence-electron chi connectivity index (χ4n) is 4.49. The Bertz CT molecular complexity index is 1200. The molecule has 1 saturated heterocycles. The van der Waals surface area contributed by atoms with Crippen LogP contribution in [0.15, 0.2) is 61.2 Å². The molecule has 0 bridgehead atoms. The maximum Gasteiger partial charge on any atom is 0.243 e.